The number of primary amides is 1. The number of nitrogens with two attached hydrogens (primary N) is 1. The maximum absolute atomic E-state index is 13.0. The van der Waals surface area contributed by atoms with Gasteiger partial charge in [0.1, 0.15) is 10.6 Å². The van der Waals surface area contributed by atoms with E-state index in [0.29, 0.717) is 27.9 Å². The number of fused-ring (bicyclic) bond motifs is 1. The summed E-state index contributed by atoms with van der Waals surface area (Å²) in [4.78, 5) is 25.4. The first-order valence-corrected chi connectivity index (χ1v) is 11.1. The summed E-state index contributed by atoms with van der Waals surface area (Å²) in [6, 6.07) is 16.5. The molecule has 3 N–H and O–H groups in total. The van der Waals surface area contributed by atoms with Gasteiger partial charge in [-0.25, -0.2) is 0 Å². The Morgan fingerprint density at radius 1 is 1.19 bits per heavy atom. The highest BCUT2D eigenvalue weighted by Crippen LogP contribution is 2.31. The van der Waals surface area contributed by atoms with Crippen molar-refractivity contribution in [3.63, 3.8) is 0 Å². The molecule has 0 spiro atoms. The zero-order valence-electron chi connectivity index (χ0n) is 17.3. The molecule has 164 valence electrons. The van der Waals surface area contributed by atoms with E-state index in [-0.39, 0.29) is 18.9 Å². The van der Waals surface area contributed by atoms with E-state index < -0.39 is 5.91 Å². The van der Waals surface area contributed by atoms with Crippen LogP contribution in [0.3, 0.4) is 0 Å². The van der Waals surface area contributed by atoms with Crippen LogP contribution in [0.5, 0.6) is 5.75 Å². The van der Waals surface area contributed by atoms with Gasteiger partial charge in [-0.3, -0.25) is 14.3 Å². The number of rotatable bonds is 8. The summed E-state index contributed by atoms with van der Waals surface area (Å²) < 4.78 is 7.47. The number of benzene rings is 2. The summed E-state index contributed by atoms with van der Waals surface area (Å²) in [5.41, 5.74) is 7.48. The molecular weight excluding hydrogens is 448 g/mol. The van der Waals surface area contributed by atoms with E-state index in [9.17, 15) is 9.59 Å². The van der Waals surface area contributed by atoms with E-state index in [1.54, 1.807) is 24.3 Å². The number of carbonyl (C=O) groups is 2. The van der Waals surface area contributed by atoms with Crippen molar-refractivity contribution >= 4 is 50.7 Å². The standard InChI is InChI=1S/C23H21ClN4O3S/c1-14-16-12-20(32-23(16)28(27-14)13-15-6-2-3-7-17(15)24)22(30)26-18-8-4-5-9-19(18)31-11-10-21(25)29/h2-9,12H,10-11,13H2,1H3,(H2,25,29)(H,26,30). The number of nitrogens with zero attached hydrogens (tertiary/aromatic N) is 2. The van der Waals surface area contributed by atoms with Gasteiger partial charge in [0.05, 0.1) is 35.8 Å². The Morgan fingerprint density at radius 2 is 1.94 bits per heavy atom. The Hall–Kier alpha value is -3.36. The van der Waals surface area contributed by atoms with Crippen LogP contribution < -0.4 is 15.8 Å². The molecule has 4 aromatic rings. The Bertz CT molecular complexity index is 1300. The molecule has 0 radical (unpaired) electrons. The van der Waals surface area contributed by atoms with Gasteiger partial charge in [-0.05, 0) is 36.8 Å². The van der Waals surface area contributed by atoms with Crippen molar-refractivity contribution in [2.75, 3.05) is 11.9 Å². The number of ether oxygens (including phenoxy) is 1. The molecule has 2 aromatic carbocycles. The van der Waals surface area contributed by atoms with Crippen LogP contribution in [-0.2, 0) is 11.3 Å². The number of para-hydroxylation sites is 2. The Labute approximate surface area is 193 Å². The van der Waals surface area contributed by atoms with Crippen LogP contribution in [0.1, 0.15) is 27.3 Å². The summed E-state index contributed by atoms with van der Waals surface area (Å²) in [6.07, 6.45) is 0.0970. The fraction of sp³-hybridized carbons (Fsp3) is 0.174. The second kappa shape index (κ2) is 9.42. The first-order valence-electron chi connectivity index (χ1n) is 9.94. The zero-order chi connectivity index (χ0) is 22.7. The number of hydrogen-bond acceptors (Lipinski definition) is 5. The van der Waals surface area contributed by atoms with Gasteiger partial charge in [-0.1, -0.05) is 41.9 Å². The molecule has 2 aromatic heterocycles. The van der Waals surface area contributed by atoms with E-state index in [0.717, 1.165) is 21.5 Å². The molecule has 0 atom stereocenters. The molecule has 0 unspecified atom stereocenters. The van der Waals surface area contributed by atoms with Gasteiger partial charge in [0.2, 0.25) is 5.91 Å². The van der Waals surface area contributed by atoms with Crippen LogP contribution in [0.4, 0.5) is 5.69 Å². The van der Waals surface area contributed by atoms with Crippen LogP contribution in [-0.4, -0.2) is 28.2 Å². The van der Waals surface area contributed by atoms with Crippen molar-refractivity contribution in [1.29, 1.82) is 0 Å². The monoisotopic (exact) mass is 468 g/mol. The van der Waals surface area contributed by atoms with Crippen LogP contribution in [0.15, 0.2) is 54.6 Å². The van der Waals surface area contributed by atoms with Crippen LogP contribution in [0.2, 0.25) is 5.02 Å². The molecule has 32 heavy (non-hydrogen) atoms. The van der Waals surface area contributed by atoms with Gasteiger partial charge in [0.15, 0.2) is 0 Å². The summed E-state index contributed by atoms with van der Waals surface area (Å²) in [6.45, 7) is 2.58. The maximum Gasteiger partial charge on any atom is 0.265 e. The first-order chi connectivity index (χ1) is 15.4. The van der Waals surface area contributed by atoms with Gasteiger partial charge in [-0.2, -0.15) is 5.10 Å². The van der Waals surface area contributed by atoms with Crippen molar-refractivity contribution in [3.8, 4) is 5.75 Å². The molecular formula is C23H21ClN4O3S. The molecule has 0 aliphatic carbocycles. The predicted molar refractivity (Wildman–Crippen MR) is 127 cm³/mol. The summed E-state index contributed by atoms with van der Waals surface area (Å²) in [5.74, 6) is -0.219. The SMILES string of the molecule is Cc1nn(Cc2ccccc2Cl)c2sc(C(=O)Nc3ccccc3OCCC(N)=O)cc12. The van der Waals surface area contributed by atoms with Crippen LogP contribution in [0.25, 0.3) is 10.2 Å². The molecule has 0 bridgehead atoms. The Balaban J connectivity index is 1.55. The van der Waals surface area contributed by atoms with Crippen molar-refractivity contribution in [1.82, 2.24) is 9.78 Å². The fourth-order valence-corrected chi connectivity index (χ4v) is 4.51. The largest absolute Gasteiger partial charge is 0.491 e. The minimum absolute atomic E-state index is 0.0970. The van der Waals surface area contributed by atoms with Crippen molar-refractivity contribution < 1.29 is 14.3 Å². The molecule has 0 aliphatic heterocycles. The number of carbonyl (C=O) groups excluding carboxylic acids is 2. The summed E-state index contributed by atoms with van der Waals surface area (Å²) >= 11 is 7.68. The topological polar surface area (TPSA) is 99.2 Å². The highest BCUT2D eigenvalue weighted by molar-refractivity contribution is 7.20. The molecule has 4 rings (SSSR count). The number of nitrogens with one attached hydrogen (secondary N) is 1. The van der Waals surface area contributed by atoms with Gasteiger partial charge in [-0.15, -0.1) is 11.3 Å². The predicted octanol–water partition coefficient (Wildman–Crippen LogP) is 4.61. The average molecular weight is 469 g/mol. The van der Waals surface area contributed by atoms with Crippen LogP contribution >= 0.6 is 22.9 Å². The normalized spacial score (nSPS) is 10.9. The number of aryl methyl sites for hydroxylation is 1. The molecule has 0 aliphatic rings. The smallest absolute Gasteiger partial charge is 0.265 e. The van der Waals surface area contributed by atoms with Gasteiger partial charge < -0.3 is 15.8 Å². The minimum atomic E-state index is -0.446. The number of thiophene rings is 1. The van der Waals surface area contributed by atoms with Crippen molar-refractivity contribution in [2.45, 2.75) is 19.9 Å². The number of anilines is 1. The third kappa shape index (κ3) is 4.76. The quantitative estimate of drug-likeness (QED) is 0.394. The number of halogens is 1. The Morgan fingerprint density at radius 3 is 2.72 bits per heavy atom. The highest BCUT2D eigenvalue weighted by atomic mass is 35.5. The molecule has 2 amide bonds. The highest BCUT2D eigenvalue weighted by Gasteiger charge is 2.18. The third-order valence-corrected chi connectivity index (χ3v) is 6.37. The van der Waals surface area contributed by atoms with E-state index in [1.807, 2.05) is 41.9 Å². The molecule has 7 nitrogen and oxygen atoms in total. The lowest BCUT2D eigenvalue weighted by Crippen LogP contribution is -2.16. The number of hydrogen-bond donors (Lipinski definition) is 2. The summed E-state index contributed by atoms with van der Waals surface area (Å²) in [5, 5.41) is 9.11. The minimum Gasteiger partial charge on any atom is -0.491 e. The van der Waals surface area contributed by atoms with E-state index >= 15 is 0 Å². The molecule has 9 heteroatoms. The molecule has 2 heterocycles. The van der Waals surface area contributed by atoms with Crippen molar-refractivity contribution in [3.05, 3.63) is 75.8 Å². The first kappa shape index (κ1) is 21.9. The van der Waals surface area contributed by atoms with Gasteiger partial charge in [0.25, 0.3) is 5.91 Å². The van der Waals surface area contributed by atoms with E-state index in [4.69, 9.17) is 22.1 Å². The zero-order valence-corrected chi connectivity index (χ0v) is 18.9. The Kier molecular flexibility index (Phi) is 6.43. The van der Waals surface area contributed by atoms with E-state index in [1.165, 1.54) is 11.3 Å². The van der Waals surface area contributed by atoms with Crippen LogP contribution in [0, 0.1) is 6.92 Å². The molecule has 0 saturated heterocycles. The third-order valence-electron chi connectivity index (χ3n) is 4.85. The van der Waals surface area contributed by atoms with E-state index in [2.05, 4.69) is 10.4 Å². The second-order valence-electron chi connectivity index (χ2n) is 7.18. The second-order valence-corrected chi connectivity index (χ2v) is 8.62. The van der Waals surface area contributed by atoms with Crippen molar-refractivity contribution in [2.24, 2.45) is 5.73 Å². The lowest BCUT2D eigenvalue weighted by Gasteiger charge is -2.11. The number of amides is 2. The van der Waals surface area contributed by atoms with Gasteiger partial charge in [0, 0.05) is 10.4 Å². The van der Waals surface area contributed by atoms with Gasteiger partial charge >= 0.3 is 0 Å². The summed E-state index contributed by atoms with van der Waals surface area (Å²) in [7, 11) is 0. The molecule has 0 saturated carbocycles. The fourth-order valence-electron chi connectivity index (χ4n) is 3.26. The number of aromatic nitrogens is 2. The molecule has 0 fully saturated rings. The average Bonchev–Trinajstić information content (AvgIpc) is 3.32. The lowest BCUT2D eigenvalue weighted by atomic mass is 10.2. The maximum atomic E-state index is 13.0. The lowest BCUT2D eigenvalue weighted by molar-refractivity contribution is -0.118.